The van der Waals surface area contributed by atoms with Crippen molar-refractivity contribution in [2.45, 2.75) is 20.1 Å². The molecule has 0 aromatic heterocycles. The third-order valence-electron chi connectivity index (χ3n) is 3.28. The second-order valence-electron chi connectivity index (χ2n) is 4.58. The van der Waals surface area contributed by atoms with Crippen molar-refractivity contribution in [2.75, 3.05) is 18.1 Å². The van der Waals surface area contributed by atoms with E-state index in [2.05, 4.69) is 0 Å². The summed E-state index contributed by atoms with van der Waals surface area (Å²) in [6.07, 6.45) is -2.26. The molecule has 1 N–H and O–H groups in total. The molecular weight excluding hydrogens is 300 g/mol. The van der Waals surface area contributed by atoms with Gasteiger partial charge in [0, 0.05) is 11.1 Å². The molecule has 0 saturated carbocycles. The Morgan fingerprint density at radius 3 is 2.52 bits per heavy atom. The lowest BCUT2D eigenvalue weighted by Crippen LogP contribution is -2.38. The van der Waals surface area contributed by atoms with Gasteiger partial charge in [-0.25, -0.2) is 14.5 Å². The van der Waals surface area contributed by atoms with Crippen LogP contribution in [-0.4, -0.2) is 36.6 Å². The van der Waals surface area contributed by atoms with Crippen molar-refractivity contribution >= 4 is 23.3 Å². The number of nitriles is 1. The first-order valence-corrected chi connectivity index (χ1v) is 7.11. The number of rotatable bonds is 3. The molecule has 23 heavy (non-hydrogen) atoms. The summed E-state index contributed by atoms with van der Waals surface area (Å²) in [4.78, 5) is 25.1. The van der Waals surface area contributed by atoms with E-state index in [1.165, 1.54) is 0 Å². The summed E-state index contributed by atoms with van der Waals surface area (Å²) < 4.78 is 9.78. The standard InChI is InChI=1S/C16H16N2O5/c1-3-22-15(20)11(9-17)13-10-7-5-6-8-12(10)18(14(13)19)16(21)23-4-2/h5-8,14,19H,3-4H2,1-2H3/b13-11-. The van der Waals surface area contributed by atoms with Gasteiger partial charge in [0.1, 0.15) is 11.6 Å². The number of carbonyl (C=O) groups is 2. The molecule has 1 aromatic carbocycles. The topological polar surface area (TPSA) is 99.9 Å². The van der Waals surface area contributed by atoms with E-state index in [4.69, 9.17) is 9.47 Å². The molecular formula is C16H16N2O5. The van der Waals surface area contributed by atoms with E-state index in [0.717, 1.165) is 4.90 Å². The molecule has 1 aromatic rings. The molecule has 0 aliphatic carbocycles. The number of amides is 1. The number of hydrogen-bond acceptors (Lipinski definition) is 6. The minimum absolute atomic E-state index is 0.0367. The van der Waals surface area contributed by atoms with Crippen LogP contribution in [0.3, 0.4) is 0 Å². The zero-order valence-corrected chi connectivity index (χ0v) is 12.8. The summed E-state index contributed by atoms with van der Waals surface area (Å²) in [6.45, 7) is 3.48. The lowest BCUT2D eigenvalue weighted by molar-refractivity contribution is -0.138. The first-order chi connectivity index (χ1) is 11.1. The molecule has 1 aliphatic rings. The smallest absolute Gasteiger partial charge is 0.416 e. The van der Waals surface area contributed by atoms with Gasteiger partial charge in [-0.2, -0.15) is 5.26 Å². The van der Waals surface area contributed by atoms with E-state index >= 15 is 0 Å². The van der Waals surface area contributed by atoms with Crippen LogP contribution in [0.1, 0.15) is 19.4 Å². The van der Waals surface area contributed by atoms with Gasteiger partial charge in [-0.05, 0) is 19.9 Å². The van der Waals surface area contributed by atoms with E-state index in [0.29, 0.717) is 11.3 Å². The van der Waals surface area contributed by atoms with Gasteiger partial charge < -0.3 is 14.6 Å². The molecule has 2 rings (SSSR count). The van der Waals surface area contributed by atoms with Crippen molar-refractivity contribution in [2.24, 2.45) is 0 Å². The number of esters is 1. The van der Waals surface area contributed by atoms with E-state index in [9.17, 15) is 20.0 Å². The number of fused-ring (bicyclic) bond motifs is 1. The summed E-state index contributed by atoms with van der Waals surface area (Å²) in [5.74, 6) is -0.843. The summed E-state index contributed by atoms with van der Waals surface area (Å²) in [7, 11) is 0. The number of para-hydroxylation sites is 1. The van der Waals surface area contributed by atoms with Crippen LogP contribution in [0.5, 0.6) is 0 Å². The van der Waals surface area contributed by atoms with E-state index in [-0.39, 0.29) is 24.4 Å². The lowest BCUT2D eigenvalue weighted by Gasteiger charge is -2.20. The van der Waals surface area contributed by atoms with Gasteiger partial charge in [0.05, 0.1) is 18.9 Å². The molecule has 7 nitrogen and oxygen atoms in total. The highest BCUT2D eigenvalue weighted by atomic mass is 16.6. The Balaban J connectivity index is 2.61. The van der Waals surface area contributed by atoms with Crippen LogP contribution in [0, 0.1) is 11.3 Å². The molecule has 0 fully saturated rings. The Bertz CT molecular complexity index is 705. The predicted molar refractivity (Wildman–Crippen MR) is 81.1 cm³/mol. The highest BCUT2D eigenvalue weighted by Gasteiger charge is 2.40. The maximum absolute atomic E-state index is 12.1. The average Bonchev–Trinajstić information content (AvgIpc) is 2.82. The van der Waals surface area contributed by atoms with Crippen LogP contribution >= 0.6 is 0 Å². The van der Waals surface area contributed by atoms with Gasteiger partial charge in [-0.3, -0.25) is 0 Å². The van der Waals surface area contributed by atoms with E-state index in [1.807, 2.05) is 0 Å². The van der Waals surface area contributed by atoms with Gasteiger partial charge in [0.25, 0.3) is 0 Å². The summed E-state index contributed by atoms with van der Waals surface area (Å²) in [5, 5.41) is 19.8. The minimum atomic E-state index is -1.49. The monoisotopic (exact) mass is 316 g/mol. The Morgan fingerprint density at radius 1 is 1.26 bits per heavy atom. The molecule has 1 aliphatic heterocycles. The number of benzene rings is 1. The summed E-state index contributed by atoms with van der Waals surface area (Å²) in [6, 6.07) is 8.33. The quantitative estimate of drug-likeness (QED) is 0.519. The Hall–Kier alpha value is -2.85. The van der Waals surface area contributed by atoms with Crippen molar-refractivity contribution in [3.63, 3.8) is 0 Å². The maximum atomic E-state index is 12.1. The first-order valence-electron chi connectivity index (χ1n) is 7.11. The fourth-order valence-corrected chi connectivity index (χ4v) is 2.39. The fraction of sp³-hybridized carbons (Fsp3) is 0.312. The maximum Gasteiger partial charge on any atom is 0.416 e. The predicted octanol–water partition coefficient (Wildman–Crippen LogP) is 1.82. The highest BCUT2D eigenvalue weighted by Crippen LogP contribution is 2.41. The Kier molecular flexibility index (Phi) is 4.98. The normalized spacial score (nSPS) is 18.0. The van der Waals surface area contributed by atoms with Crippen molar-refractivity contribution < 1.29 is 24.2 Å². The summed E-state index contributed by atoms with van der Waals surface area (Å²) >= 11 is 0. The molecule has 1 unspecified atom stereocenters. The minimum Gasteiger partial charge on any atom is -0.462 e. The van der Waals surface area contributed by atoms with Crippen molar-refractivity contribution in [1.82, 2.24) is 0 Å². The molecule has 120 valence electrons. The molecule has 1 amide bonds. The van der Waals surface area contributed by atoms with Crippen LogP contribution in [0.25, 0.3) is 5.57 Å². The molecule has 7 heteroatoms. The highest BCUT2D eigenvalue weighted by molar-refractivity contribution is 6.09. The molecule has 1 atom stereocenters. The van der Waals surface area contributed by atoms with Gasteiger partial charge in [0.15, 0.2) is 6.23 Å². The van der Waals surface area contributed by atoms with Gasteiger partial charge in [-0.15, -0.1) is 0 Å². The van der Waals surface area contributed by atoms with Crippen LogP contribution in [0.4, 0.5) is 10.5 Å². The van der Waals surface area contributed by atoms with Crippen LogP contribution in [0.15, 0.2) is 29.8 Å². The third-order valence-corrected chi connectivity index (χ3v) is 3.28. The number of anilines is 1. The number of aliphatic hydroxyl groups excluding tert-OH is 1. The molecule has 1 heterocycles. The zero-order chi connectivity index (χ0) is 17.0. The number of hydrogen-bond donors (Lipinski definition) is 1. The molecule has 0 radical (unpaired) electrons. The number of aliphatic hydroxyl groups is 1. The third kappa shape index (κ3) is 2.89. The SMILES string of the molecule is CCOC(=O)/C(C#N)=C1/c2ccccc2N(C(=O)OCC)C1O. The first kappa shape index (κ1) is 16.5. The second-order valence-corrected chi connectivity index (χ2v) is 4.58. The second kappa shape index (κ2) is 6.94. The fourth-order valence-electron chi connectivity index (χ4n) is 2.39. The number of nitrogens with zero attached hydrogens (tertiary/aromatic N) is 2. The largest absolute Gasteiger partial charge is 0.462 e. The van der Waals surface area contributed by atoms with E-state index in [1.54, 1.807) is 44.2 Å². The lowest BCUT2D eigenvalue weighted by atomic mass is 10.0. The molecule has 0 bridgehead atoms. The van der Waals surface area contributed by atoms with E-state index < -0.39 is 18.3 Å². The molecule has 0 saturated heterocycles. The Labute approximate surface area is 133 Å². The van der Waals surface area contributed by atoms with Crippen LogP contribution in [0.2, 0.25) is 0 Å². The zero-order valence-electron chi connectivity index (χ0n) is 12.8. The van der Waals surface area contributed by atoms with Crippen LogP contribution in [-0.2, 0) is 14.3 Å². The number of carbonyl (C=O) groups excluding carboxylic acids is 2. The molecule has 0 spiro atoms. The Morgan fingerprint density at radius 2 is 1.91 bits per heavy atom. The van der Waals surface area contributed by atoms with Gasteiger partial charge in [-0.1, -0.05) is 18.2 Å². The van der Waals surface area contributed by atoms with Crippen molar-refractivity contribution in [1.29, 1.82) is 5.26 Å². The van der Waals surface area contributed by atoms with Gasteiger partial charge >= 0.3 is 12.1 Å². The van der Waals surface area contributed by atoms with Crippen LogP contribution < -0.4 is 4.90 Å². The van der Waals surface area contributed by atoms with Crippen molar-refractivity contribution in [3.8, 4) is 6.07 Å². The summed E-state index contributed by atoms with van der Waals surface area (Å²) in [5.41, 5.74) is 0.483. The average molecular weight is 316 g/mol. The van der Waals surface area contributed by atoms with Crippen molar-refractivity contribution in [3.05, 3.63) is 35.4 Å². The number of ether oxygens (including phenoxy) is 2. The van der Waals surface area contributed by atoms with Gasteiger partial charge in [0.2, 0.25) is 0 Å².